The normalized spacial score (nSPS) is 10.9. The number of benzene rings is 1. The molecule has 5 heteroatoms. The summed E-state index contributed by atoms with van der Waals surface area (Å²) in [4.78, 5) is 0. The zero-order chi connectivity index (χ0) is 13.1. The van der Waals surface area contributed by atoms with E-state index in [4.69, 9.17) is 11.6 Å². The molecule has 1 aromatic heterocycles. The van der Waals surface area contributed by atoms with Crippen LogP contribution in [0.3, 0.4) is 0 Å². The standard InChI is InChI=1S/C13H15BrClN3/c1-9-11(6-16-2)8-18(17-9)7-10-3-4-12(14)5-13(10)15/h3-5,8,16H,6-7H2,1-2H3. The van der Waals surface area contributed by atoms with Crippen molar-refractivity contribution in [3.8, 4) is 0 Å². The highest BCUT2D eigenvalue weighted by molar-refractivity contribution is 9.10. The molecule has 2 aromatic rings. The van der Waals surface area contributed by atoms with E-state index in [-0.39, 0.29) is 0 Å². The van der Waals surface area contributed by atoms with Crippen LogP contribution in [0.5, 0.6) is 0 Å². The Kier molecular flexibility index (Phi) is 4.43. The Balaban J connectivity index is 2.20. The van der Waals surface area contributed by atoms with Crippen LogP contribution in [0.2, 0.25) is 5.02 Å². The summed E-state index contributed by atoms with van der Waals surface area (Å²) in [5.74, 6) is 0. The molecule has 1 heterocycles. The van der Waals surface area contributed by atoms with Crippen molar-refractivity contribution >= 4 is 27.5 Å². The van der Waals surface area contributed by atoms with Crippen LogP contribution < -0.4 is 5.32 Å². The molecular weight excluding hydrogens is 314 g/mol. The van der Waals surface area contributed by atoms with Gasteiger partial charge in [0, 0.05) is 27.8 Å². The minimum Gasteiger partial charge on any atom is -0.316 e. The van der Waals surface area contributed by atoms with Gasteiger partial charge in [0.1, 0.15) is 0 Å². The lowest BCUT2D eigenvalue weighted by molar-refractivity contribution is 0.679. The molecule has 0 saturated heterocycles. The highest BCUT2D eigenvalue weighted by Crippen LogP contribution is 2.22. The van der Waals surface area contributed by atoms with Gasteiger partial charge in [-0.3, -0.25) is 4.68 Å². The fourth-order valence-electron chi connectivity index (χ4n) is 1.83. The SMILES string of the molecule is CNCc1cn(Cc2ccc(Br)cc2Cl)nc1C. The van der Waals surface area contributed by atoms with Gasteiger partial charge in [0.05, 0.1) is 12.2 Å². The van der Waals surface area contributed by atoms with Crippen molar-refractivity contribution in [1.29, 1.82) is 0 Å². The third-order valence-corrected chi connectivity index (χ3v) is 3.61. The second kappa shape index (κ2) is 5.87. The topological polar surface area (TPSA) is 29.9 Å². The highest BCUT2D eigenvalue weighted by atomic mass is 79.9. The van der Waals surface area contributed by atoms with Crippen molar-refractivity contribution in [3.63, 3.8) is 0 Å². The average molecular weight is 329 g/mol. The van der Waals surface area contributed by atoms with E-state index >= 15 is 0 Å². The van der Waals surface area contributed by atoms with Gasteiger partial charge < -0.3 is 5.32 Å². The number of aromatic nitrogens is 2. The minimum atomic E-state index is 0.691. The van der Waals surface area contributed by atoms with Crippen molar-refractivity contribution in [2.45, 2.75) is 20.0 Å². The van der Waals surface area contributed by atoms with E-state index in [2.05, 4.69) is 32.5 Å². The molecule has 0 fully saturated rings. The maximum absolute atomic E-state index is 6.20. The van der Waals surface area contributed by atoms with Gasteiger partial charge in [0.15, 0.2) is 0 Å². The Morgan fingerprint density at radius 3 is 2.83 bits per heavy atom. The molecule has 96 valence electrons. The maximum Gasteiger partial charge on any atom is 0.0674 e. The van der Waals surface area contributed by atoms with Crippen LogP contribution in [0.15, 0.2) is 28.9 Å². The van der Waals surface area contributed by atoms with Crippen molar-refractivity contribution in [2.75, 3.05) is 7.05 Å². The highest BCUT2D eigenvalue weighted by Gasteiger charge is 2.06. The Morgan fingerprint density at radius 2 is 2.17 bits per heavy atom. The Bertz CT molecular complexity index is 551. The zero-order valence-electron chi connectivity index (χ0n) is 10.4. The number of halogens is 2. The summed E-state index contributed by atoms with van der Waals surface area (Å²) in [6.07, 6.45) is 2.06. The third kappa shape index (κ3) is 3.13. The number of nitrogens with one attached hydrogen (secondary N) is 1. The minimum absolute atomic E-state index is 0.691. The number of rotatable bonds is 4. The van der Waals surface area contributed by atoms with Crippen LogP contribution in [-0.2, 0) is 13.1 Å². The van der Waals surface area contributed by atoms with Gasteiger partial charge in [0.2, 0.25) is 0 Å². The summed E-state index contributed by atoms with van der Waals surface area (Å²) in [7, 11) is 1.93. The first-order valence-electron chi connectivity index (χ1n) is 5.71. The molecule has 0 aliphatic carbocycles. The van der Waals surface area contributed by atoms with E-state index in [1.165, 1.54) is 5.56 Å². The number of hydrogen-bond acceptors (Lipinski definition) is 2. The van der Waals surface area contributed by atoms with Crippen molar-refractivity contribution in [1.82, 2.24) is 15.1 Å². The second-order valence-electron chi connectivity index (χ2n) is 4.20. The maximum atomic E-state index is 6.20. The smallest absolute Gasteiger partial charge is 0.0674 e. The Morgan fingerprint density at radius 1 is 1.39 bits per heavy atom. The van der Waals surface area contributed by atoms with E-state index in [0.717, 1.165) is 27.3 Å². The first kappa shape index (κ1) is 13.6. The van der Waals surface area contributed by atoms with Crippen LogP contribution in [-0.4, -0.2) is 16.8 Å². The molecular formula is C13H15BrClN3. The first-order valence-corrected chi connectivity index (χ1v) is 6.88. The largest absolute Gasteiger partial charge is 0.316 e. The summed E-state index contributed by atoms with van der Waals surface area (Å²) in [5, 5.41) is 8.39. The molecule has 0 saturated carbocycles. The first-order chi connectivity index (χ1) is 8.60. The molecule has 0 spiro atoms. The fourth-order valence-corrected chi connectivity index (χ4v) is 2.56. The Hall–Kier alpha value is -0.840. The summed E-state index contributed by atoms with van der Waals surface area (Å²) in [6.45, 7) is 3.54. The van der Waals surface area contributed by atoms with E-state index in [1.54, 1.807) is 0 Å². The van der Waals surface area contributed by atoms with E-state index in [9.17, 15) is 0 Å². The van der Waals surface area contributed by atoms with Gasteiger partial charge >= 0.3 is 0 Å². The molecule has 3 nitrogen and oxygen atoms in total. The summed E-state index contributed by atoms with van der Waals surface area (Å²) >= 11 is 9.61. The van der Waals surface area contributed by atoms with Crippen molar-refractivity contribution < 1.29 is 0 Å². The molecule has 0 unspecified atom stereocenters. The molecule has 1 N–H and O–H groups in total. The summed E-state index contributed by atoms with van der Waals surface area (Å²) < 4.78 is 2.92. The van der Waals surface area contributed by atoms with Crippen LogP contribution >= 0.6 is 27.5 Å². The van der Waals surface area contributed by atoms with Crippen LogP contribution in [0.25, 0.3) is 0 Å². The second-order valence-corrected chi connectivity index (χ2v) is 5.53. The van der Waals surface area contributed by atoms with Crippen LogP contribution in [0, 0.1) is 6.92 Å². The van der Waals surface area contributed by atoms with Gasteiger partial charge in [-0.2, -0.15) is 5.10 Å². The van der Waals surface area contributed by atoms with E-state index in [0.29, 0.717) is 6.54 Å². The van der Waals surface area contributed by atoms with Gasteiger partial charge in [-0.15, -0.1) is 0 Å². The predicted molar refractivity (Wildman–Crippen MR) is 78.0 cm³/mol. The number of aryl methyl sites for hydroxylation is 1. The Labute approximate surface area is 120 Å². The molecule has 18 heavy (non-hydrogen) atoms. The summed E-state index contributed by atoms with van der Waals surface area (Å²) in [6, 6.07) is 5.91. The lowest BCUT2D eigenvalue weighted by Gasteiger charge is -2.05. The summed E-state index contributed by atoms with van der Waals surface area (Å²) in [5.41, 5.74) is 3.33. The molecule has 0 aliphatic rings. The van der Waals surface area contributed by atoms with Crippen LogP contribution in [0.4, 0.5) is 0 Å². The molecule has 0 aliphatic heterocycles. The lowest BCUT2D eigenvalue weighted by atomic mass is 10.2. The van der Waals surface area contributed by atoms with Gasteiger partial charge in [0.25, 0.3) is 0 Å². The monoisotopic (exact) mass is 327 g/mol. The molecule has 1 aromatic carbocycles. The molecule has 2 rings (SSSR count). The van der Waals surface area contributed by atoms with Crippen molar-refractivity contribution in [3.05, 3.63) is 50.7 Å². The van der Waals surface area contributed by atoms with Crippen LogP contribution in [0.1, 0.15) is 16.8 Å². The number of hydrogen-bond donors (Lipinski definition) is 1. The van der Waals surface area contributed by atoms with Gasteiger partial charge in [-0.05, 0) is 31.7 Å². The molecule has 0 radical (unpaired) electrons. The zero-order valence-corrected chi connectivity index (χ0v) is 12.7. The van der Waals surface area contributed by atoms with Gasteiger partial charge in [-0.25, -0.2) is 0 Å². The quantitative estimate of drug-likeness (QED) is 0.932. The lowest BCUT2D eigenvalue weighted by Crippen LogP contribution is -2.05. The third-order valence-electron chi connectivity index (χ3n) is 2.76. The number of nitrogens with zero attached hydrogens (tertiary/aromatic N) is 2. The molecule has 0 amide bonds. The fraction of sp³-hybridized carbons (Fsp3) is 0.308. The van der Waals surface area contributed by atoms with Gasteiger partial charge in [-0.1, -0.05) is 33.6 Å². The van der Waals surface area contributed by atoms with E-state index in [1.807, 2.05) is 36.9 Å². The average Bonchev–Trinajstić information content (AvgIpc) is 2.64. The molecule has 0 atom stereocenters. The van der Waals surface area contributed by atoms with E-state index < -0.39 is 0 Å². The molecule has 0 bridgehead atoms. The van der Waals surface area contributed by atoms with Crippen molar-refractivity contribution in [2.24, 2.45) is 0 Å². The predicted octanol–water partition coefficient (Wildman–Crippen LogP) is 3.38.